The summed E-state index contributed by atoms with van der Waals surface area (Å²) in [6.07, 6.45) is 1.35. The van der Waals surface area contributed by atoms with Crippen LogP contribution in [0.3, 0.4) is 0 Å². The van der Waals surface area contributed by atoms with Gasteiger partial charge in [-0.3, -0.25) is 14.9 Å². The van der Waals surface area contributed by atoms with E-state index in [4.69, 9.17) is 9.47 Å². The van der Waals surface area contributed by atoms with Crippen molar-refractivity contribution in [3.63, 3.8) is 0 Å². The number of esters is 1. The summed E-state index contributed by atoms with van der Waals surface area (Å²) in [5, 5.41) is 2.19. The minimum absolute atomic E-state index is 0.235. The summed E-state index contributed by atoms with van der Waals surface area (Å²) in [4.78, 5) is 50.2. The number of carbonyl (C=O) groups excluding carboxylic acids is 4. The number of hydrogen-bond acceptors (Lipinski definition) is 7. The van der Waals surface area contributed by atoms with Gasteiger partial charge in [-0.05, 0) is 49.8 Å². The van der Waals surface area contributed by atoms with Gasteiger partial charge in [-0.25, -0.2) is 14.5 Å². The van der Waals surface area contributed by atoms with Crippen molar-refractivity contribution >= 4 is 51.5 Å². The average molecular weight is 517 g/mol. The van der Waals surface area contributed by atoms with Gasteiger partial charge in [0.25, 0.3) is 11.8 Å². The number of nitrogens with zero attached hydrogens (tertiary/aromatic N) is 1. The number of benzene rings is 2. The summed E-state index contributed by atoms with van der Waals surface area (Å²) >= 11 is 3.38. The molecule has 10 heteroatoms. The highest BCUT2D eigenvalue weighted by Gasteiger charge is 2.37. The van der Waals surface area contributed by atoms with Crippen molar-refractivity contribution in [2.45, 2.75) is 13.8 Å². The zero-order chi connectivity index (χ0) is 24.1. The fourth-order valence-corrected chi connectivity index (χ4v) is 3.42. The van der Waals surface area contributed by atoms with Gasteiger partial charge >= 0.3 is 12.0 Å². The van der Waals surface area contributed by atoms with Crippen LogP contribution in [0.15, 0.2) is 46.4 Å². The van der Waals surface area contributed by atoms with Gasteiger partial charge in [0.1, 0.15) is 5.57 Å². The molecule has 2 aromatic carbocycles. The number of nitrogens with one attached hydrogen (secondary N) is 1. The maximum Gasteiger partial charge on any atom is 0.343 e. The number of hydrogen-bond donors (Lipinski definition) is 1. The lowest BCUT2D eigenvalue weighted by molar-refractivity contribution is -0.143. The minimum atomic E-state index is -0.827. The van der Waals surface area contributed by atoms with Gasteiger partial charge in [0.05, 0.1) is 19.4 Å². The van der Waals surface area contributed by atoms with Crippen LogP contribution in [0.25, 0.3) is 6.08 Å². The number of imide groups is 2. The number of halogens is 1. The van der Waals surface area contributed by atoms with Crippen LogP contribution in [0.1, 0.15) is 18.1 Å². The largest absolute Gasteiger partial charge is 0.490 e. The van der Waals surface area contributed by atoms with Crippen molar-refractivity contribution < 1.29 is 33.4 Å². The highest BCUT2D eigenvalue weighted by atomic mass is 79.9. The van der Waals surface area contributed by atoms with E-state index in [0.717, 1.165) is 10.5 Å². The second-order valence-corrected chi connectivity index (χ2v) is 7.77. The van der Waals surface area contributed by atoms with E-state index in [9.17, 15) is 19.2 Å². The van der Waals surface area contributed by atoms with E-state index in [1.165, 1.54) is 13.2 Å². The Bertz CT molecular complexity index is 1140. The smallest absolute Gasteiger partial charge is 0.343 e. The zero-order valence-electron chi connectivity index (χ0n) is 18.1. The van der Waals surface area contributed by atoms with E-state index in [0.29, 0.717) is 28.1 Å². The number of anilines is 1. The van der Waals surface area contributed by atoms with Gasteiger partial charge in [-0.1, -0.05) is 33.6 Å². The molecule has 9 nitrogen and oxygen atoms in total. The Kier molecular flexibility index (Phi) is 7.49. The first-order valence-electron chi connectivity index (χ1n) is 9.89. The van der Waals surface area contributed by atoms with Crippen LogP contribution in [0.4, 0.5) is 10.5 Å². The molecule has 0 unspecified atom stereocenters. The monoisotopic (exact) mass is 516 g/mol. The number of aryl methyl sites for hydroxylation is 1. The average Bonchev–Trinajstić information content (AvgIpc) is 2.78. The molecule has 0 aromatic heterocycles. The van der Waals surface area contributed by atoms with E-state index in [1.54, 1.807) is 43.3 Å². The maximum atomic E-state index is 13.1. The number of barbiturate groups is 1. The lowest BCUT2D eigenvalue weighted by Gasteiger charge is -2.26. The Morgan fingerprint density at radius 2 is 1.76 bits per heavy atom. The first kappa shape index (κ1) is 24.0. The Balaban J connectivity index is 1.99. The second kappa shape index (κ2) is 10.3. The topological polar surface area (TPSA) is 111 Å². The molecular formula is C23H21BrN2O7. The van der Waals surface area contributed by atoms with Crippen molar-refractivity contribution in [1.82, 2.24) is 5.32 Å². The zero-order valence-corrected chi connectivity index (χ0v) is 19.7. The first-order valence-corrected chi connectivity index (χ1v) is 10.7. The van der Waals surface area contributed by atoms with Crippen molar-refractivity contribution in [2.75, 3.05) is 25.2 Å². The highest BCUT2D eigenvalue weighted by molar-refractivity contribution is 9.10. The quantitative estimate of drug-likeness (QED) is 0.341. The summed E-state index contributed by atoms with van der Waals surface area (Å²) in [6, 6.07) is 9.04. The molecule has 3 rings (SSSR count). The van der Waals surface area contributed by atoms with Gasteiger partial charge < -0.3 is 14.2 Å². The SMILES string of the molecule is CCOc1cc(/C=C2\C(=O)NC(=O)N(c3ccc(C)cc3)C2=O)c(Br)cc1OCC(=O)OC. The van der Waals surface area contributed by atoms with Gasteiger partial charge in [-0.15, -0.1) is 0 Å². The summed E-state index contributed by atoms with van der Waals surface area (Å²) < 4.78 is 16.1. The summed E-state index contributed by atoms with van der Waals surface area (Å²) in [5.74, 6) is -1.57. The maximum absolute atomic E-state index is 13.1. The molecule has 4 amide bonds. The third-order valence-electron chi connectivity index (χ3n) is 4.63. The summed E-state index contributed by atoms with van der Waals surface area (Å²) in [7, 11) is 1.25. The molecule has 0 spiro atoms. The molecular weight excluding hydrogens is 496 g/mol. The van der Waals surface area contributed by atoms with E-state index in [1.807, 2.05) is 6.92 Å². The number of amides is 4. The highest BCUT2D eigenvalue weighted by Crippen LogP contribution is 2.35. The molecule has 33 heavy (non-hydrogen) atoms. The van der Waals surface area contributed by atoms with Gasteiger partial charge in [-0.2, -0.15) is 0 Å². The molecule has 1 heterocycles. The Morgan fingerprint density at radius 1 is 1.09 bits per heavy atom. The second-order valence-electron chi connectivity index (χ2n) is 6.91. The lowest BCUT2D eigenvalue weighted by atomic mass is 10.1. The predicted molar refractivity (Wildman–Crippen MR) is 123 cm³/mol. The lowest BCUT2D eigenvalue weighted by Crippen LogP contribution is -2.54. The van der Waals surface area contributed by atoms with E-state index < -0.39 is 23.8 Å². The van der Waals surface area contributed by atoms with Crippen molar-refractivity contribution in [2.24, 2.45) is 0 Å². The van der Waals surface area contributed by atoms with Gasteiger partial charge in [0.2, 0.25) is 0 Å². The molecule has 1 saturated heterocycles. The van der Waals surface area contributed by atoms with Crippen LogP contribution in [0.5, 0.6) is 11.5 Å². The standard InChI is InChI=1S/C23H21BrN2O7/c1-4-32-18-10-14(17(24)11-19(18)33-12-20(27)31-3)9-16-21(28)25-23(30)26(22(16)29)15-7-5-13(2)6-8-15/h5-11H,4,12H2,1-3H3,(H,25,28,30)/b16-9+. The normalized spacial score (nSPS) is 14.8. The molecule has 1 N–H and O–H groups in total. The number of urea groups is 1. The fourth-order valence-electron chi connectivity index (χ4n) is 2.98. The van der Waals surface area contributed by atoms with Crippen molar-refractivity contribution in [3.05, 3.63) is 57.6 Å². The molecule has 172 valence electrons. The predicted octanol–water partition coefficient (Wildman–Crippen LogP) is 3.37. The number of rotatable bonds is 7. The first-order chi connectivity index (χ1) is 15.7. The van der Waals surface area contributed by atoms with E-state index >= 15 is 0 Å². The Hall–Kier alpha value is -3.66. The van der Waals surface area contributed by atoms with Gasteiger partial charge in [0.15, 0.2) is 18.1 Å². The number of carbonyl (C=O) groups is 4. The van der Waals surface area contributed by atoms with E-state index in [2.05, 4.69) is 26.0 Å². The van der Waals surface area contributed by atoms with Crippen LogP contribution < -0.4 is 19.7 Å². The van der Waals surface area contributed by atoms with Gasteiger partial charge in [0, 0.05) is 4.47 Å². The molecule has 0 aliphatic carbocycles. The molecule has 0 saturated carbocycles. The van der Waals surface area contributed by atoms with Crippen LogP contribution in [0.2, 0.25) is 0 Å². The van der Waals surface area contributed by atoms with E-state index in [-0.39, 0.29) is 17.9 Å². The van der Waals surface area contributed by atoms with Crippen LogP contribution in [-0.4, -0.2) is 44.1 Å². The summed E-state index contributed by atoms with van der Waals surface area (Å²) in [5.41, 5.74) is 1.49. The van der Waals surface area contributed by atoms with Crippen LogP contribution in [0, 0.1) is 6.92 Å². The van der Waals surface area contributed by atoms with Crippen LogP contribution >= 0.6 is 15.9 Å². The van der Waals surface area contributed by atoms with Crippen LogP contribution in [-0.2, 0) is 19.1 Å². The molecule has 1 fully saturated rings. The molecule has 0 bridgehead atoms. The number of ether oxygens (including phenoxy) is 3. The molecule has 2 aromatic rings. The van der Waals surface area contributed by atoms with Crippen molar-refractivity contribution in [1.29, 1.82) is 0 Å². The summed E-state index contributed by atoms with van der Waals surface area (Å²) in [6.45, 7) is 3.63. The Morgan fingerprint density at radius 3 is 2.39 bits per heavy atom. The minimum Gasteiger partial charge on any atom is -0.490 e. The fraction of sp³-hybridized carbons (Fsp3) is 0.217. The van der Waals surface area contributed by atoms with Crippen molar-refractivity contribution in [3.8, 4) is 11.5 Å². The molecule has 1 aliphatic heterocycles. The molecule has 1 aliphatic rings. The number of methoxy groups -OCH3 is 1. The third-order valence-corrected chi connectivity index (χ3v) is 5.32. The molecule has 0 radical (unpaired) electrons. The third kappa shape index (κ3) is 5.40. The molecule has 0 atom stereocenters. The Labute approximate surface area is 198 Å².